The van der Waals surface area contributed by atoms with Gasteiger partial charge in [-0.05, 0) is 43.4 Å². The summed E-state index contributed by atoms with van der Waals surface area (Å²) in [5, 5.41) is 3.55. The fourth-order valence-electron chi connectivity index (χ4n) is 3.90. The Bertz CT molecular complexity index is 455. The van der Waals surface area contributed by atoms with E-state index < -0.39 is 0 Å². The fraction of sp³-hybridized carbons (Fsp3) is 0.647. The van der Waals surface area contributed by atoms with Gasteiger partial charge in [0, 0.05) is 32.3 Å². The van der Waals surface area contributed by atoms with E-state index in [0.717, 1.165) is 18.4 Å². The maximum atomic E-state index is 5.17. The van der Waals surface area contributed by atoms with Crippen LogP contribution >= 0.6 is 0 Å². The summed E-state index contributed by atoms with van der Waals surface area (Å²) >= 11 is 0. The number of fused-ring (bicyclic) bond motifs is 1. The van der Waals surface area contributed by atoms with Crippen molar-refractivity contribution in [1.29, 1.82) is 0 Å². The first-order chi connectivity index (χ1) is 9.61. The molecule has 20 heavy (non-hydrogen) atoms. The molecule has 2 atom stereocenters. The highest BCUT2D eigenvalue weighted by atomic mass is 16.5. The van der Waals surface area contributed by atoms with Crippen LogP contribution in [0, 0.1) is 11.8 Å². The van der Waals surface area contributed by atoms with Crippen molar-refractivity contribution in [2.24, 2.45) is 11.8 Å². The fourth-order valence-corrected chi connectivity index (χ4v) is 3.90. The van der Waals surface area contributed by atoms with Gasteiger partial charge in [-0.1, -0.05) is 24.3 Å². The van der Waals surface area contributed by atoms with E-state index >= 15 is 0 Å². The minimum atomic E-state index is 0.305. The van der Waals surface area contributed by atoms with Gasteiger partial charge in [-0.25, -0.2) is 0 Å². The second-order valence-electron chi connectivity index (χ2n) is 6.81. The molecule has 3 heteroatoms. The minimum absolute atomic E-state index is 0.305. The molecule has 0 aromatic heterocycles. The van der Waals surface area contributed by atoms with E-state index in [1.807, 2.05) is 0 Å². The molecule has 0 radical (unpaired) electrons. The number of nitrogens with one attached hydrogen (secondary N) is 1. The third-order valence-corrected chi connectivity index (χ3v) is 5.22. The van der Waals surface area contributed by atoms with Crippen LogP contribution in [-0.4, -0.2) is 37.2 Å². The van der Waals surface area contributed by atoms with Gasteiger partial charge in [-0.2, -0.15) is 0 Å². The number of hydrogen-bond donors (Lipinski definition) is 1. The van der Waals surface area contributed by atoms with Crippen molar-refractivity contribution in [3.63, 3.8) is 0 Å². The summed E-state index contributed by atoms with van der Waals surface area (Å²) in [6, 6.07) is 8.86. The number of benzene rings is 1. The highest BCUT2D eigenvalue weighted by Crippen LogP contribution is 2.41. The molecule has 2 unspecified atom stereocenters. The van der Waals surface area contributed by atoms with Gasteiger partial charge in [0.05, 0.1) is 6.61 Å². The minimum Gasteiger partial charge on any atom is -0.380 e. The number of nitrogens with zero attached hydrogens (tertiary/aromatic N) is 1. The molecule has 2 aliphatic rings. The summed E-state index contributed by atoms with van der Waals surface area (Å²) in [6.07, 6.45) is 0. The van der Waals surface area contributed by atoms with E-state index in [1.54, 1.807) is 7.11 Å². The molecule has 1 aromatic rings. The van der Waals surface area contributed by atoms with E-state index in [0.29, 0.717) is 12.1 Å². The number of rotatable bonds is 4. The zero-order valence-corrected chi connectivity index (χ0v) is 12.9. The Morgan fingerprint density at radius 3 is 2.55 bits per heavy atom. The van der Waals surface area contributed by atoms with Crippen molar-refractivity contribution < 1.29 is 4.74 Å². The Labute approximate surface area is 122 Å². The molecule has 0 aliphatic carbocycles. The lowest BCUT2D eigenvalue weighted by atomic mass is 9.85. The van der Waals surface area contributed by atoms with Crippen molar-refractivity contribution in [2.75, 3.05) is 26.7 Å². The normalized spacial score (nSPS) is 28.8. The van der Waals surface area contributed by atoms with Crippen molar-refractivity contribution in [3.8, 4) is 0 Å². The molecule has 0 saturated carbocycles. The van der Waals surface area contributed by atoms with E-state index in [2.05, 4.69) is 48.3 Å². The number of likely N-dealkylation sites (tertiary alicyclic amines) is 1. The van der Waals surface area contributed by atoms with Gasteiger partial charge < -0.3 is 10.1 Å². The van der Waals surface area contributed by atoms with Crippen LogP contribution in [0.3, 0.4) is 0 Å². The largest absolute Gasteiger partial charge is 0.380 e. The average molecular weight is 274 g/mol. The quantitative estimate of drug-likeness (QED) is 0.911. The van der Waals surface area contributed by atoms with E-state index in [-0.39, 0.29) is 0 Å². The second kappa shape index (κ2) is 5.47. The van der Waals surface area contributed by atoms with Crippen LogP contribution in [0.15, 0.2) is 24.3 Å². The molecular formula is C17H26N2O. The first-order valence-electron chi connectivity index (χ1n) is 7.64. The van der Waals surface area contributed by atoms with Crippen molar-refractivity contribution in [1.82, 2.24) is 10.2 Å². The SMILES string of the molecule is COCc1ccc(CN2CC3CNCC3C2(C)C)cc1. The molecule has 1 aromatic carbocycles. The Balaban J connectivity index is 1.68. The predicted molar refractivity (Wildman–Crippen MR) is 81.5 cm³/mol. The molecule has 3 nitrogen and oxygen atoms in total. The van der Waals surface area contributed by atoms with E-state index in [4.69, 9.17) is 4.74 Å². The van der Waals surface area contributed by atoms with Gasteiger partial charge in [0.2, 0.25) is 0 Å². The predicted octanol–water partition coefficient (Wildman–Crippen LogP) is 2.26. The molecule has 2 aliphatic heterocycles. The van der Waals surface area contributed by atoms with Crippen LogP contribution in [0.4, 0.5) is 0 Å². The first-order valence-corrected chi connectivity index (χ1v) is 7.64. The van der Waals surface area contributed by atoms with Crippen LogP contribution in [0.5, 0.6) is 0 Å². The third kappa shape index (κ3) is 2.50. The Hall–Kier alpha value is -0.900. The Morgan fingerprint density at radius 1 is 1.20 bits per heavy atom. The van der Waals surface area contributed by atoms with Gasteiger partial charge in [0.15, 0.2) is 0 Å². The van der Waals surface area contributed by atoms with E-state index in [9.17, 15) is 0 Å². The Kier molecular flexibility index (Phi) is 3.85. The highest BCUT2D eigenvalue weighted by Gasteiger charge is 2.49. The smallest absolute Gasteiger partial charge is 0.0713 e. The van der Waals surface area contributed by atoms with Gasteiger partial charge in [0.25, 0.3) is 0 Å². The van der Waals surface area contributed by atoms with Crippen LogP contribution in [-0.2, 0) is 17.9 Å². The summed E-state index contributed by atoms with van der Waals surface area (Å²) in [5.74, 6) is 1.63. The molecule has 3 rings (SSSR count). The molecule has 2 fully saturated rings. The molecule has 2 saturated heterocycles. The molecule has 0 amide bonds. The number of ether oxygens (including phenoxy) is 1. The zero-order chi connectivity index (χ0) is 14.2. The van der Waals surface area contributed by atoms with Crippen LogP contribution < -0.4 is 5.32 Å². The van der Waals surface area contributed by atoms with Gasteiger partial charge in [-0.3, -0.25) is 4.90 Å². The Morgan fingerprint density at radius 2 is 1.90 bits per heavy atom. The van der Waals surface area contributed by atoms with Gasteiger partial charge >= 0.3 is 0 Å². The molecule has 2 heterocycles. The lowest BCUT2D eigenvalue weighted by Gasteiger charge is -2.35. The number of hydrogen-bond acceptors (Lipinski definition) is 3. The highest BCUT2D eigenvalue weighted by molar-refractivity contribution is 5.22. The van der Waals surface area contributed by atoms with Crippen molar-refractivity contribution in [2.45, 2.75) is 32.5 Å². The summed E-state index contributed by atoms with van der Waals surface area (Å²) in [7, 11) is 1.74. The standard InChI is InChI=1S/C17H26N2O/c1-17(2)16-9-18-8-15(16)11-19(17)10-13-4-6-14(7-5-13)12-20-3/h4-7,15-16,18H,8-12H2,1-3H3. The summed E-state index contributed by atoms with van der Waals surface area (Å²) in [4.78, 5) is 2.66. The van der Waals surface area contributed by atoms with Gasteiger partial charge in [-0.15, -0.1) is 0 Å². The summed E-state index contributed by atoms with van der Waals surface area (Å²) in [6.45, 7) is 10.2. The molecular weight excluding hydrogens is 248 g/mol. The lowest BCUT2D eigenvalue weighted by molar-refractivity contribution is 0.132. The van der Waals surface area contributed by atoms with Crippen LogP contribution in [0.2, 0.25) is 0 Å². The molecule has 110 valence electrons. The van der Waals surface area contributed by atoms with Gasteiger partial charge in [0.1, 0.15) is 0 Å². The topological polar surface area (TPSA) is 24.5 Å². The maximum absolute atomic E-state index is 5.17. The number of methoxy groups -OCH3 is 1. The summed E-state index contributed by atoms with van der Waals surface area (Å²) in [5.41, 5.74) is 2.96. The van der Waals surface area contributed by atoms with Crippen molar-refractivity contribution in [3.05, 3.63) is 35.4 Å². The second-order valence-corrected chi connectivity index (χ2v) is 6.81. The summed E-state index contributed by atoms with van der Waals surface area (Å²) < 4.78 is 5.17. The molecule has 0 spiro atoms. The molecule has 0 bridgehead atoms. The van der Waals surface area contributed by atoms with E-state index in [1.165, 1.54) is 30.8 Å². The lowest BCUT2D eigenvalue weighted by Crippen LogP contribution is -2.43. The monoisotopic (exact) mass is 274 g/mol. The zero-order valence-electron chi connectivity index (χ0n) is 12.9. The first kappa shape index (κ1) is 14.1. The van der Waals surface area contributed by atoms with Crippen molar-refractivity contribution >= 4 is 0 Å². The third-order valence-electron chi connectivity index (χ3n) is 5.22. The average Bonchev–Trinajstić information content (AvgIpc) is 2.97. The molecule has 1 N–H and O–H groups in total. The van der Waals surface area contributed by atoms with Crippen LogP contribution in [0.25, 0.3) is 0 Å². The maximum Gasteiger partial charge on any atom is 0.0713 e. The van der Waals surface area contributed by atoms with Crippen LogP contribution in [0.1, 0.15) is 25.0 Å².